The van der Waals surface area contributed by atoms with Crippen molar-refractivity contribution in [3.05, 3.63) is 0 Å². The van der Waals surface area contributed by atoms with Crippen LogP contribution in [0.4, 0.5) is 0 Å². The second-order valence-electron chi connectivity index (χ2n) is 6.68. The molecule has 0 spiro atoms. The Hall–Kier alpha value is -0.620. The zero-order valence-corrected chi connectivity index (χ0v) is 12.4. The lowest BCUT2D eigenvalue weighted by atomic mass is 9.91. The van der Waals surface area contributed by atoms with E-state index in [1.807, 2.05) is 4.90 Å². The molecular weight excluding hydrogens is 266 g/mol. The van der Waals surface area contributed by atoms with E-state index in [9.17, 15) is 13.2 Å². The summed E-state index contributed by atoms with van der Waals surface area (Å²) in [6.07, 6.45) is 3.58. The highest BCUT2D eigenvalue weighted by Crippen LogP contribution is 2.40. The molecule has 2 unspecified atom stereocenters. The van der Waals surface area contributed by atoms with Crippen molar-refractivity contribution in [2.75, 3.05) is 18.1 Å². The fourth-order valence-corrected chi connectivity index (χ4v) is 5.17. The van der Waals surface area contributed by atoms with Crippen molar-refractivity contribution in [1.82, 2.24) is 4.90 Å². The third-order valence-corrected chi connectivity index (χ3v) is 6.16. The van der Waals surface area contributed by atoms with Crippen LogP contribution in [0.2, 0.25) is 0 Å². The Morgan fingerprint density at radius 3 is 2.42 bits per heavy atom. The molecule has 0 radical (unpaired) electrons. The zero-order valence-electron chi connectivity index (χ0n) is 11.6. The van der Waals surface area contributed by atoms with Gasteiger partial charge in [-0.1, -0.05) is 13.8 Å². The number of carbonyl (C=O) groups is 1. The van der Waals surface area contributed by atoms with E-state index in [4.69, 9.17) is 5.11 Å². The molecule has 2 rings (SSSR count). The number of carboxylic acids is 1. The molecule has 2 fully saturated rings. The summed E-state index contributed by atoms with van der Waals surface area (Å²) >= 11 is 0. The molecule has 5 nitrogen and oxygen atoms in total. The van der Waals surface area contributed by atoms with Crippen LogP contribution in [0.5, 0.6) is 0 Å². The van der Waals surface area contributed by atoms with Crippen LogP contribution in [-0.2, 0) is 14.6 Å². The Balaban J connectivity index is 2.11. The Morgan fingerprint density at radius 1 is 1.32 bits per heavy atom. The van der Waals surface area contributed by atoms with Crippen molar-refractivity contribution in [3.63, 3.8) is 0 Å². The van der Waals surface area contributed by atoms with Gasteiger partial charge in [0, 0.05) is 12.1 Å². The molecule has 1 heterocycles. The van der Waals surface area contributed by atoms with Gasteiger partial charge < -0.3 is 5.11 Å². The largest absolute Gasteiger partial charge is 0.480 e. The molecule has 1 aliphatic carbocycles. The molecule has 110 valence electrons. The van der Waals surface area contributed by atoms with Crippen LogP contribution in [0.1, 0.15) is 39.5 Å². The van der Waals surface area contributed by atoms with Gasteiger partial charge in [-0.15, -0.1) is 0 Å². The van der Waals surface area contributed by atoms with Gasteiger partial charge in [-0.25, -0.2) is 8.42 Å². The number of rotatable bonds is 4. The lowest BCUT2D eigenvalue weighted by Gasteiger charge is -2.33. The minimum absolute atomic E-state index is 0.0407. The fraction of sp³-hybridized carbons (Fsp3) is 0.923. The van der Waals surface area contributed by atoms with Crippen molar-refractivity contribution < 1.29 is 18.3 Å². The molecule has 19 heavy (non-hydrogen) atoms. The van der Waals surface area contributed by atoms with Gasteiger partial charge in [0.25, 0.3) is 0 Å². The summed E-state index contributed by atoms with van der Waals surface area (Å²) in [5, 5.41) is 9.07. The van der Waals surface area contributed by atoms with Gasteiger partial charge in [-0.3, -0.25) is 9.69 Å². The molecule has 0 aromatic heterocycles. The van der Waals surface area contributed by atoms with Crippen molar-refractivity contribution in [3.8, 4) is 0 Å². The van der Waals surface area contributed by atoms with E-state index in [1.54, 1.807) is 0 Å². The first-order chi connectivity index (χ1) is 8.69. The summed E-state index contributed by atoms with van der Waals surface area (Å²) in [6, 6.07) is 0.101. The SMILES string of the molecule is CC1(C)CCC(N(CC(=O)O)C2CCS(=O)(=O)C2)C1. The quantitative estimate of drug-likeness (QED) is 0.840. The number of hydrogen-bond acceptors (Lipinski definition) is 4. The summed E-state index contributed by atoms with van der Waals surface area (Å²) in [5.74, 6) is -0.546. The Morgan fingerprint density at radius 2 is 2.00 bits per heavy atom. The van der Waals surface area contributed by atoms with Crippen LogP contribution in [0.15, 0.2) is 0 Å². The molecule has 1 aliphatic heterocycles. The maximum atomic E-state index is 11.6. The van der Waals surface area contributed by atoms with Gasteiger partial charge in [0.15, 0.2) is 9.84 Å². The first-order valence-electron chi connectivity index (χ1n) is 6.86. The first kappa shape index (κ1) is 14.8. The van der Waals surface area contributed by atoms with Crippen LogP contribution in [-0.4, -0.2) is 54.5 Å². The minimum Gasteiger partial charge on any atom is -0.480 e. The third-order valence-electron chi connectivity index (χ3n) is 4.41. The van der Waals surface area contributed by atoms with Gasteiger partial charge in [0.2, 0.25) is 0 Å². The predicted molar refractivity (Wildman–Crippen MR) is 72.8 cm³/mol. The molecule has 6 heteroatoms. The third kappa shape index (κ3) is 3.69. The number of carboxylic acid groups (broad SMARTS) is 1. The molecule has 2 atom stereocenters. The zero-order chi connectivity index (χ0) is 14.3. The van der Waals surface area contributed by atoms with E-state index in [0.717, 1.165) is 19.3 Å². The maximum Gasteiger partial charge on any atom is 0.317 e. The Labute approximate surface area is 114 Å². The van der Waals surface area contributed by atoms with Gasteiger partial charge in [-0.2, -0.15) is 0 Å². The summed E-state index contributed by atoms with van der Waals surface area (Å²) < 4.78 is 23.2. The summed E-state index contributed by atoms with van der Waals surface area (Å²) in [7, 11) is -2.97. The van der Waals surface area contributed by atoms with E-state index >= 15 is 0 Å². The summed E-state index contributed by atoms with van der Waals surface area (Å²) in [6.45, 7) is 4.34. The van der Waals surface area contributed by atoms with Crippen LogP contribution in [0.25, 0.3) is 0 Å². The van der Waals surface area contributed by atoms with Crippen molar-refractivity contribution in [2.24, 2.45) is 5.41 Å². The number of hydrogen-bond donors (Lipinski definition) is 1. The number of nitrogens with zero attached hydrogens (tertiary/aromatic N) is 1. The van der Waals surface area contributed by atoms with E-state index in [-0.39, 0.29) is 35.5 Å². The lowest BCUT2D eigenvalue weighted by Crippen LogP contribution is -2.46. The normalized spacial score (nSPS) is 32.8. The van der Waals surface area contributed by atoms with Crippen LogP contribution in [0, 0.1) is 5.41 Å². The van der Waals surface area contributed by atoms with E-state index in [1.165, 1.54) is 0 Å². The minimum atomic E-state index is -2.97. The molecule has 0 aromatic carbocycles. The summed E-state index contributed by atoms with van der Waals surface area (Å²) in [5.41, 5.74) is 0.235. The van der Waals surface area contributed by atoms with Gasteiger partial charge >= 0.3 is 5.97 Å². The molecule has 0 aromatic rings. The highest BCUT2D eigenvalue weighted by molar-refractivity contribution is 7.91. The van der Waals surface area contributed by atoms with Crippen LogP contribution >= 0.6 is 0 Å². The first-order valence-corrected chi connectivity index (χ1v) is 8.69. The van der Waals surface area contributed by atoms with Gasteiger partial charge in [-0.05, 0) is 31.1 Å². The summed E-state index contributed by atoms with van der Waals surface area (Å²) in [4.78, 5) is 13.0. The van der Waals surface area contributed by atoms with E-state index in [0.29, 0.717) is 6.42 Å². The topological polar surface area (TPSA) is 74.7 Å². The highest BCUT2D eigenvalue weighted by Gasteiger charge is 2.41. The molecule has 2 aliphatic rings. The molecular formula is C13H23NO4S. The number of sulfone groups is 1. The number of aliphatic carboxylic acids is 1. The fourth-order valence-electron chi connectivity index (χ4n) is 3.43. The van der Waals surface area contributed by atoms with E-state index in [2.05, 4.69) is 13.8 Å². The lowest BCUT2D eigenvalue weighted by molar-refractivity contribution is -0.139. The average molecular weight is 289 g/mol. The smallest absolute Gasteiger partial charge is 0.317 e. The Bertz CT molecular complexity index is 457. The second kappa shape index (κ2) is 5.05. The molecule has 1 saturated carbocycles. The van der Waals surface area contributed by atoms with E-state index < -0.39 is 15.8 Å². The monoisotopic (exact) mass is 289 g/mol. The van der Waals surface area contributed by atoms with Crippen LogP contribution < -0.4 is 0 Å². The van der Waals surface area contributed by atoms with Crippen molar-refractivity contribution in [2.45, 2.75) is 51.6 Å². The molecule has 0 bridgehead atoms. The standard InChI is InChI=1S/C13H23NO4S/c1-13(2)5-3-10(7-13)14(8-12(15)16)11-4-6-19(17,18)9-11/h10-11H,3-9H2,1-2H3,(H,15,16). The molecule has 0 amide bonds. The van der Waals surface area contributed by atoms with Crippen molar-refractivity contribution in [1.29, 1.82) is 0 Å². The van der Waals surface area contributed by atoms with Crippen LogP contribution in [0.3, 0.4) is 0 Å². The predicted octanol–water partition coefficient (Wildman–Crippen LogP) is 1.14. The second-order valence-corrected chi connectivity index (χ2v) is 8.91. The van der Waals surface area contributed by atoms with Crippen molar-refractivity contribution >= 4 is 15.8 Å². The highest BCUT2D eigenvalue weighted by atomic mass is 32.2. The van der Waals surface area contributed by atoms with Gasteiger partial charge in [0.05, 0.1) is 18.1 Å². The maximum absolute atomic E-state index is 11.6. The molecule has 1 saturated heterocycles. The Kier molecular flexibility index (Phi) is 3.93. The average Bonchev–Trinajstić information content (AvgIpc) is 2.77. The molecule has 1 N–H and O–H groups in total. The van der Waals surface area contributed by atoms with Gasteiger partial charge in [0.1, 0.15) is 0 Å².